The predicted octanol–water partition coefficient (Wildman–Crippen LogP) is 3.24. The molecule has 1 aromatic carbocycles. The Morgan fingerprint density at radius 1 is 1.35 bits per heavy atom. The zero-order valence-corrected chi connectivity index (χ0v) is 12.7. The van der Waals surface area contributed by atoms with Crippen molar-refractivity contribution in [2.75, 3.05) is 6.54 Å². The van der Waals surface area contributed by atoms with E-state index in [1.54, 1.807) is 0 Å². The lowest BCUT2D eigenvalue weighted by molar-refractivity contribution is 0.316. The van der Waals surface area contributed by atoms with Gasteiger partial charge in [0.2, 0.25) is 0 Å². The van der Waals surface area contributed by atoms with Gasteiger partial charge in [0.1, 0.15) is 11.6 Å². The summed E-state index contributed by atoms with van der Waals surface area (Å²) in [4.78, 5) is -0.00740. The Kier molecular flexibility index (Phi) is 5.27. The van der Waals surface area contributed by atoms with E-state index in [1.807, 2.05) is 6.92 Å². The smallest absolute Gasteiger partial charge is 0.139 e. The van der Waals surface area contributed by atoms with Crippen LogP contribution in [0.2, 0.25) is 0 Å². The molecular weight excluding hydrogens is 280 g/mol. The first-order valence-corrected chi connectivity index (χ1v) is 8.33. The van der Waals surface area contributed by atoms with Gasteiger partial charge < -0.3 is 5.32 Å². The van der Waals surface area contributed by atoms with Crippen LogP contribution in [0.15, 0.2) is 23.1 Å². The van der Waals surface area contributed by atoms with Crippen LogP contribution in [-0.4, -0.2) is 22.0 Å². The van der Waals surface area contributed by atoms with Crippen molar-refractivity contribution in [1.82, 2.24) is 5.32 Å². The van der Waals surface area contributed by atoms with Crippen molar-refractivity contribution in [2.45, 2.75) is 49.3 Å². The fourth-order valence-electron chi connectivity index (χ4n) is 2.86. The number of hydrogen-bond donors (Lipinski definition) is 1. The van der Waals surface area contributed by atoms with Crippen LogP contribution in [0.5, 0.6) is 0 Å². The first-order chi connectivity index (χ1) is 9.52. The van der Waals surface area contributed by atoms with Gasteiger partial charge in [-0.05, 0) is 49.9 Å². The van der Waals surface area contributed by atoms with Crippen molar-refractivity contribution in [1.29, 1.82) is 0 Å². The third-order valence-electron chi connectivity index (χ3n) is 3.91. The fraction of sp³-hybridized carbons (Fsp3) is 0.600. The van der Waals surface area contributed by atoms with Crippen molar-refractivity contribution < 1.29 is 13.0 Å². The van der Waals surface area contributed by atoms with Gasteiger partial charge in [-0.15, -0.1) is 0 Å². The zero-order chi connectivity index (χ0) is 14.7. The minimum Gasteiger partial charge on any atom is -0.313 e. The average molecular weight is 301 g/mol. The van der Waals surface area contributed by atoms with Crippen LogP contribution < -0.4 is 5.32 Å². The summed E-state index contributed by atoms with van der Waals surface area (Å²) in [6.45, 7) is 4.91. The molecule has 2 nitrogen and oxygen atoms in total. The topological polar surface area (TPSA) is 29.1 Å². The predicted molar refractivity (Wildman–Crippen MR) is 77.0 cm³/mol. The standard InChI is InChI=1S/C15H21F2NOS/c1-3-18-13-7-4-10(2)8-15(13)20(19)14-9-11(16)5-6-12(14)17/h5-6,9-10,13,15,18H,3-4,7-8H2,1-2H3. The molecule has 0 aliphatic heterocycles. The zero-order valence-electron chi connectivity index (χ0n) is 11.9. The average Bonchev–Trinajstić information content (AvgIpc) is 2.43. The summed E-state index contributed by atoms with van der Waals surface area (Å²) in [5, 5.41) is 3.17. The second-order valence-corrected chi connectivity index (χ2v) is 7.13. The molecule has 1 aromatic rings. The molecule has 0 aromatic heterocycles. The SMILES string of the molecule is CCNC1CCC(C)CC1S(=O)c1cc(F)ccc1F. The summed E-state index contributed by atoms with van der Waals surface area (Å²) in [6.07, 6.45) is 2.79. The molecule has 0 saturated heterocycles. The van der Waals surface area contributed by atoms with E-state index in [9.17, 15) is 13.0 Å². The van der Waals surface area contributed by atoms with E-state index in [0.29, 0.717) is 5.92 Å². The van der Waals surface area contributed by atoms with Gasteiger partial charge in [-0.25, -0.2) is 8.78 Å². The van der Waals surface area contributed by atoms with Gasteiger partial charge >= 0.3 is 0 Å². The highest BCUT2D eigenvalue weighted by atomic mass is 32.2. The highest BCUT2D eigenvalue weighted by Crippen LogP contribution is 2.31. The monoisotopic (exact) mass is 301 g/mol. The van der Waals surface area contributed by atoms with E-state index in [2.05, 4.69) is 12.2 Å². The maximum atomic E-state index is 13.8. The molecular formula is C15H21F2NOS. The third kappa shape index (κ3) is 3.44. The normalized spacial score (nSPS) is 28.3. The maximum Gasteiger partial charge on any atom is 0.139 e. The van der Waals surface area contributed by atoms with Crippen molar-refractivity contribution in [3.63, 3.8) is 0 Å². The van der Waals surface area contributed by atoms with E-state index in [4.69, 9.17) is 0 Å². The van der Waals surface area contributed by atoms with Crippen LogP contribution in [0, 0.1) is 17.6 Å². The molecule has 1 saturated carbocycles. The van der Waals surface area contributed by atoms with E-state index >= 15 is 0 Å². The van der Waals surface area contributed by atoms with Crippen molar-refractivity contribution >= 4 is 10.8 Å². The molecule has 4 unspecified atom stereocenters. The molecule has 5 heteroatoms. The Morgan fingerprint density at radius 3 is 2.80 bits per heavy atom. The summed E-state index contributed by atoms with van der Waals surface area (Å²) in [5.41, 5.74) is 0. The molecule has 0 bridgehead atoms. The maximum absolute atomic E-state index is 13.8. The largest absolute Gasteiger partial charge is 0.313 e. The van der Waals surface area contributed by atoms with Crippen LogP contribution >= 0.6 is 0 Å². The second-order valence-electron chi connectivity index (χ2n) is 5.49. The van der Waals surface area contributed by atoms with Gasteiger partial charge in [-0.2, -0.15) is 0 Å². The Morgan fingerprint density at radius 2 is 2.10 bits per heavy atom. The van der Waals surface area contributed by atoms with E-state index in [0.717, 1.165) is 44.0 Å². The van der Waals surface area contributed by atoms with Crippen molar-refractivity contribution in [3.8, 4) is 0 Å². The highest BCUT2D eigenvalue weighted by molar-refractivity contribution is 7.85. The number of nitrogens with one attached hydrogen (secondary N) is 1. The molecule has 0 amide bonds. The first kappa shape index (κ1) is 15.6. The van der Waals surface area contributed by atoms with Crippen LogP contribution in [0.1, 0.15) is 33.1 Å². The molecule has 0 radical (unpaired) electrons. The number of halogens is 2. The Bertz CT molecular complexity index is 495. The second kappa shape index (κ2) is 6.76. The molecule has 20 heavy (non-hydrogen) atoms. The lowest BCUT2D eigenvalue weighted by atomic mass is 9.87. The van der Waals surface area contributed by atoms with Crippen molar-refractivity contribution in [2.24, 2.45) is 5.92 Å². The molecule has 0 spiro atoms. The lowest BCUT2D eigenvalue weighted by Crippen LogP contribution is -2.46. The minimum atomic E-state index is -1.52. The summed E-state index contributed by atoms with van der Waals surface area (Å²) in [7, 11) is -1.52. The Hall–Kier alpha value is -0.810. The van der Waals surface area contributed by atoms with Crippen LogP contribution in [-0.2, 0) is 10.8 Å². The van der Waals surface area contributed by atoms with Gasteiger partial charge in [-0.1, -0.05) is 13.8 Å². The molecule has 112 valence electrons. The van der Waals surface area contributed by atoms with Gasteiger partial charge in [0.15, 0.2) is 0 Å². The van der Waals surface area contributed by atoms with Gasteiger partial charge in [-0.3, -0.25) is 4.21 Å². The highest BCUT2D eigenvalue weighted by Gasteiger charge is 2.34. The van der Waals surface area contributed by atoms with Crippen LogP contribution in [0.25, 0.3) is 0 Å². The van der Waals surface area contributed by atoms with Gasteiger partial charge in [0, 0.05) is 6.04 Å². The van der Waals surface area contributed by atoms with E-state index < -0.39 is 22.4 Å². The Balaban J connectivity index is 2.26. The quantitative estimate of drug-likeness (QED) is 0.925. The molecule has 0 heterocycles. The van der Waals surface area contributed by atoms with Gasteiger partial charge in [0.05, 0.1) is 20.9 Å². The van der Waals surface area contributed by atoms with Gasteiger partial charge in [0.25, 0.3) is 0 Å². The summed E-state index contributed by atoms with van der Waals surface area (Å²) < 4.78 is 39.8. The molecule has 1 aliphatic carbocycles. The molecule has 1 N–H and O–H groups in total. The van der Waals surface area contributed by atoms with Crippen LogP contribution in [0.3, 0.4) is 0 Å². The van der Waals surface area contributed by atoms with E-state index in [-0.39, 0.29) is 16.2 Å². The lowest BCUT2D eigenvalue weighted by Gasteiger charge is -2.34. The third-order valence-corrected chi connectivity index (χ3v) is 5.72. The summed E-state index contributed by atoms with van der Waals surface area (Å²) >= 11 is 0. The number of benzene rings is 1. The number of rotatable bonds is 4. The van der Waals surface area contributed by atoms with E-state index in [1.165, 1.54) is 0 Å². The number of hydrogen-bond acceptors (Lipinski definition) is 2. The van der Waals surface area contributed by atoms with Crippen molar-refractivity contribution in [3.05, 3.63) is 29.8 Å². The summed E-state index contributed by atoms with van der Waals surface area (Å²) in [5.74, 6) is -0.660. The summed E-state index contributed by atoms with van der Waals surface area (Å²) in [6, 6.07) is 3.28. The molecule has 1 aliphatic rings. The fourth-order valence-corrected chi connectivity index (χ4v) is 4.70. The van der Waals surface area contributed by atoms with Crippen LogP contribution in [0.4, 0.5) is 8.78 Å². The molecule has 1 fully saturated rings. The Labute approximate surface area is 121 Å². The minimum absolute atomic E-state index is 0.00740. The molecule has 2 rings (SSSR count). The molecule has 4 atom stereocenters. The first-order valence-electron chi connectivity index (χ1n) is 7.12.